The molecule has 0 aromatic heterocycles. The van der Waals surface area contributed by atoms with Gasteiger partial charge in [0, 0.05) is 66.3 Å². The summed E-state index contributed by atoms with van der Waals surface area (Å²) >= 11 is 0. The van der Waals surface area contributed by atoms with Crippen molar-refractivity contribution in [2.24, 2.45) is 23.7 Å². The van der Waals surface area contributed by atoms with E-state index in [0.717, 1.165) is 25.4 Å². The largest absolute Gasteiger partial charge is 0.459 e. The van der Waals surface area contributed by atoms with Crippen LogP contribution in [0.3, 0.4) is 0 Å². The highest BCUT2D eigenvalue weighted by molar-refractivity contribution is 5.73. The molecule has 0 aliphatic carbocycles. The Morgan fingerprint density at radius 3 is 2.00 bits per heavy atom. The topological polar surface area (TPSA) is 161 Å². The van der Waals surface area contributed by atoms with E-state index < -0.39 is 83.6 Å². The lowest BCUT2D eigenvalue weighted by atomic mass is 9.74. The number of rotatable bonds is 12. The summed E-state index contributed by atoms with van der Waals surface area (Å²) in [5, 5.41) is 19.1. The average Bonchev–Trinajstić information content (AvgIpc) is 3.16. The van der Waals surface area contributed by atoms with Gasteiger partial charge < -0.3 is 62.5 Å². The maximum absolute atomic E-state index is 14.5. The monoisotopic (exact) mass is 818 g/mol. The summed E-state index contributed by atoms with van der Waals surface area (Å²) < 4.78 is 57.8. The number of hydrogen-bond donors (Lipinski definition) is 2. The van der Waals surface area contributed by atoms with E-state index in [1.807, 2.05) is 62.6 Å². The zero-order chi connectivity index (χ0) is 43.6. The lowest BCUT2D eigenvalue weighted by molar-refractivity contribution is -0.322. The molecule has 0 aromatic carbocycles. The molecule has 0 aromatic rings. The van der Waals surface area contributed by atoms with Crippen molar-refractivity contribution in [1.82, 2.24) is 4.90 Å². The van der Waals surface area contributed by atoms with Crippen molar-refractivity contribution in [3.63, 3.8) is 0 Å². The molecule has 0 unspecified atom stereocenters. The van der Waals surface area contributed by atoms with Gasteiger partial charge in [-0.05, 0) is 87.7 Å². The van der Waals surface area contributed by atoms with Gasteiger partial charge in [0.15, 0.2) is 12.6 Å². The highest BCUT2D eigenvalue weighted by atomic mass is 16.7. The molecule has 334 valence electrons. The number of carbonyl (C=O) groups excluding carboxylic acids is 2. The van der Waals surface area contributed by atoms with Crippen LogP contribution in [0.5, 0.6) is 0 Å². The summed E-state index contributed by atoms with van der Waals surface area (Å²) in [6.45, 7) is 19.2. The smallest absolute Gasteiger partial charge is 0.311 e. The molecule has 14 nitrogen and oxygen atoms in total. The van der Waals surface area contributed by atoms with Crippen molar-refractivity contribution in [1.29, 1.82) is 0 Å². The van der Waals surface area contributed by atoms with E-state index in [0.29, 0.717) is 19.3 Å². The Kier molecular flexibility index (Phi) is 20.2. The SMILES string of the molecule is CC[C@H]1OC(=O)[C@H](C)[C@@H](O[C@H]2C[C@@](C)(OC)[C@@H](OC)[C@H](C)O2)[C@H](C)[C@@H](O[C@@H]2O[C@H](C)C[C@H](N(C)C)[C@H]2OC)[C@](C)(OC)C[C@@H](C)/C=C(/C)[C@@H](CC=O)[C@]1(C)O.CO. The minimum absolute atomic E-state index is 0.0120. The van der Waals surface area contributed by atoms with Gasteiger partial charge in [0.2, 0.25) is 0 Å². The quantitative estimate of drug-likeness (QED) is 0.155. The van der Waals surface area contributed by atoms with E-state index in [2.05, 4.69) is 17.9 Å². The van der Waals surface area contributed by atoms with Gasteiger partial charge in [-0.3, -0.25) is 4.79 Å². The Morgan fingerprint density at radius 2 is 1.49 bits per heavy atom. The Balaban J connectivity index is 0.00000551. The fourth-order valence-electron chi connectivity index (χ4n) is 9.72. The van der Waals surface area contributed by atoms with Crippen LogP contribution in [0, 0.1) is 23.7 Å². The number of aliphatic hydroxyl groups is 2. The third kappa shape index (κ3) is 12.1. The minimum Gasteiger partial charge on any atom is -0.459 e. The fourth-order valence-corrected chi connectivity index (χ4v) is 9.72. The van der Waals surface area contributed by atoms with E-state index in [4.69, 9.17) is 47.7 Å². The first kappa shape index (κ1) is 51.6. The van der Waals surface area contributed by atoms with Crippen LogP contribution < -0.4 is 0 Å². The maximum atomic E-state index is 14.5. The summed E-state index contributed by atoms with van der Waals surface area (Å²) in [5.41, 5.74) is -2.44. The second kappa shape index (κ2) is 22.3. The van der Waals surface area contributed by atoms with Crippen LogP contribution in [0.25, 0.3) is 0 Å². The predicted octanol–water partition coefficient (Wildman–Crippen LogP) is 4.94. The molecule has 0 bridgehead atoms. The van der Waals surface area contributed by atoms with Crippen molar-refractivity contribution >= 4 is 12.3 Å². The molecule has 14 heteroatoms. The average molecular weight is 818 g/mol. The summed E-state index contributed by atoms with van der Waals surface area (Å²) in [7, 11) is 11.6. The van der Waals surface area contributed by atoms with Crippen LogP contribution in [-0.4, -0.2) is 155 Å². The van der Waals surface area contributed by atoms with Crippen LogP contribution in [-0.2, 0) is 52.2 Å². The number of cyclic esters (lactones) is 1. The highest BCUT2D eigenvalue weighted by Gasteiger charge is 2.53. The van der Waals surface area contributed by atoms with E-state index in [9.17, 15) is 14.7 Å². The number of allylic oxidation sites excluding steroid dienone is 1. The van der Waals surface area contributed by atoms with Crippen LogP contribution >= 0.6 is 0 Å². The van der Waals surface area contributed by atoms with E-state index >= 15 is 0 Å². The van der Waals surface area contributed by atoms with Crippen LogP contribution in [0.2, 0.25) is 0 Å². The first-order valence-electron chi connectivity index (χ1n) is 20.6. The summed E-state index contributed by atoms with van der Waals surface area (Å²) in [6, 6.07) is 0.0120. The molecule has 3 rings (SSSR count). The second-order valence-corrected chi connectivity index (χ2v) is 17.4. The molecule has 3 aliphatic heterocycles. The highest BCUT2D eigenvalue weighted by Crippen LogP contribution is 2.43. The molecule has 57 heavy (non-hydrogen) atoms. The second-order valence-electron chi connectivity index (χ2n) is 17.4. The van der Waals surface area contributed by atoms with Gasteiger partial charge >= 0.3 is 5.97 Å². The summed E-state index contributed by atoms with van der Waals surface area (Å²) in [5.74, 6) is -2.65. The summed E-state index contributed by atoms with van der Waals surface area (Å²) in [6.07, 6.45) is -0.512. The molecule has 3 aliphatic rings. The predicted molar refractivity (Wildman–Crippen MR) is 217 cm³/mol. The molecule has 0 radical (unpaired) electrons. The molecular formula is C43H79NO13. The van der Waals surface area contributed by atoms with Crippen molar-refractivity contribution in [2.75, 3.05) is 49.6 Å². The number of ether oxygens (including phenoxy) is 9. The molecular weight excluding hydrogens is 738 g/mol. The Labute approximate surface area is 343 Å². The normalized spacial score (nSPS) is 44.8. The molecule has 2 N–H and O–H groups in total. The first-order chi connectivity index (χ1) is 26.7. The fraction of sp³-hybridized carbons (Fsp3) is 0.907. The maximum Gasteiger partial charge on any atom is 0.311 e. The number of likely N-dealkylation sites (N-methyl/N-ethyl adjacent to an activating group) is 1. The lowest BCUT2D eigenvalue weighted by Gasteiger charge is -2.50. The number of carbonyl (C=O) groups is 2. The van der Waals surface area contributed by atoms with Gasteiger partial charge in [-0.2, -0.15) is 0 Å². The number of hydrogen-bond acceptors (Lipinski definition) is 14. The molecule has 0 amide bonds. The number of aliphatic hydroxyl groups excluding tert-OH is 1. The zero-order valence-electron chi connectivity index (χ0n) is 38.1. The van der Waals surface area contributed by atoms with Gasteiger partial charge in [0.05, 0.1) is 41.5 Å². The molecule has 0 spiro atoms. The van der Waals surface area contributed by atoms with Gasteiger partial charge in [0.1, 0.15) is 30.2 Å². The van der Waals surface area contributed by atoms with Gasteiger partial charge in [0.25, 0.3) is 0 Å². The van der Waals surface area contributed by atoms with Crippen molar-refractivity contribution < 1.29 is 62.4 Å². The Morgan fingerprint density at radius 1 is 0.895 bits per heavy atom. The van der Waals surface area contributed by atoms with Crippen molar-refractivity contribution in [3.8, 4) is 0 Å². The third-order valence-electron chi connectivity index (χ3n) is 12.9. The molecule has 17 atom stereocenters. The van der Waals surface area contributed by atoms with E-state index in [1.165, 1.54) is 0 Å². The number of methoxy groups -OCH3 is 4. The zero-order valence-corrected chi connectivity index (χ0v) is 38.1. The van der Waals surface area contributed by atoms with E-state index in [-0.39, 0.29) is 30.6 Å². The Hall–Kier alpha value is -1.56. The van der Waals surface area contributed by atoms with E-state index in [1.54, 1.807) is 42.3 Å². The first-order valence-corrected chi connectivity index (χ1v) is 20.6. The van der Waals surface area contributed by atoms with Crippen molar-refractivity contribution in [3.05, 3.63) is 11.6 Å². The van der Waals surface area contributed by atoms with Gasteiger partial charge in [-0.25, -0.2) is 0 Å². The van der Waals surface area contributed by atoms with Crippen LogP contribution in [0.15, 0.2) is 11.6 Å². The molecule has 3 heterocycles. The molecule has 2 saturated heterocycles. The standard InChI is InChI=1S/C42H75NO12.CH4O/c1-17-32-42(10,46)30(18-19-44)25(3)20-24(2)22-40(8,49-15)36(55-39-35(47-13)31(43(11)12)21-26(4)51-39)27(5)34(28(6)38(45)53-32)54-33-23-41(9,50-16)37(48-14)29(7)52-33;1-2/h19-20,24,26-37,39,46H,17-18,21-23H2,1-16H3;2H,1H3/b25-20-;/t24-,26+,27-,28+,29-,30+,31-,32+,33-,34-,35+,36+,37-,39-,40+,41+,42-;/m0./s1. The van der Waals surface area contributed by atoms with Crippen LogP contribution in [0.1, 0.15) is 101 Å². The minimum atomic E-state index is -1.54. The number of esters is 1. The number of aldehydes is 1. The Bertz CT molecular complexity index is 1270. The molecule has 2 fully saturated rings. The molecule has 0 saturated carbocycles. The lowest BCUT2D eigenvalue weighted by Crippen LogP contribution is -2.61. The summed E-state index contributed by atoms with van der Waals surface area (Å²) in [4.78, 5) is 28.6. The van der Waals surface area contributed by atoms with Gasteiger partial charge in [-0.15, -0.1) is 0 Å². The number of nitrogens with zero attached hydrogens (tertiary/aromatic N) is 1. The van der Waals surface area contributed by atoms with Crippen LogP contribution in [0.4, 0.5) is 0 Å². The van der Waals surface area contributed by atoms with Gasteiger partial charge in [-0.1, -0.05) is 32.4 Å². The van der Waals surface area contributed by atoms with Crippen molar-refractivity contribution in [2.45, 2.75) is 179 Å². The third-order valence-corrected chi connectivity index (χ3v) is 12.9.